The summed E-state index contributed by atoms with van der Waals surface area (Å²) < 4.78 is 4.39. The fourth-order valence-corrected chi connectivity index (χ4v) is 0.639. The highest BCUT2D eigenvalue weighted by Crippen LogP contribution is 2.03. The monoisotopic (exact) mass is 150 g/mol. The molecular formula is C8H8NO2. The third kappa shape index (κ3) is 2.29. The van der Waals surface area contributed by atoms with Gasteiger partial charge in [0.25, 0.3) is 0 Å². The van der Waals surface area contributed by atoms with E-state index in [1.165, 1.54) is 7.11 Å². The first kappa shape index (κ1) is 7.60. The molecule has 0 aliphatic heterocycles. The van der Waals surface area contributed by atoms with Gasteiger partial charge in [0.05, 0.1) is 7.11 Å². The van der Waals surface area contributed by atoms with Crippen molar-refractivity contribution in [3.8, 4) is 0 Å². The fourth-order valence-electron chi connectivity index (χ4n) is 0.639. The largest absolute Gasteiger partial charge is 0.453 e. The molecule has 1 amide bonds. The number of rotatable bonds is 1. The number of hydrogen-bond donors (Lipinski definition) is 1. The maximum atomic E-state index is 10.6. The van der Waals surface area contributed by atoms with Crippen LogP contribution in [0.25, 0.3) is 0 Å². The Bertz CT molecular complexity index is 233. The number of hydrogen-bond acceptors (Lipinski definition) is 2. The summed E-state index contributed by atoms with van der Waals surface area (Å²) in [6.07, 6.45) is -0.462. The zero-order valence-electron chi connectivity index (χ0n) is 6.13. The molecular weight excluding hydrogens is 142 g/mol. The van der Waals surface area contributed by atoms with Crippen LogP contribution >= 0.6 is 0 Å². The van der Waals surface area contributed by atoms with Crippen LogP contribution in [0.15, 0.2) is 24.3 Å². The molecule has 0 aliphatic carbocycles. The fraction of sp³-hybridized carbons (Fsp3) is 0.125. The van der Waals surface area contributed by atoms with E-state index in [1.807, 2.05) is 0 Å². The SMILES string of the molecule is COC(=O)Nc1cc[c]cc1. The van der Waals surface area contributed by atoms with E-state index >= 15 is 0 Å². The van der Waals surface area contributed by atoms with Crippen molar-refractivity contribution in [2.24, 2.45) is 0 Å². The third-order valence-corrected chi connectivity index (χ3v) is 1.15. The molecule has 1 aromatic carbocycles. The van der Waals surface area contributed by atoms with Crippen LogP contribution in [0.2, 0.25) is 0 Å². The summed E-state index contributed by atoms with van der Waals surface area (Å²) in [5, 5.41) is 2.51. The number of benzene rings is 1. The second-order valence-electron chi connectivity index (χ2n) is 1.91. The zero-order chi connectivity index (χ0) is 8.10. The second-order valence-corrected chi connectivity index (χ2v) is 1.91. The number of anilines is 1. The van der Waals surface area contributed by atoms with Gasteiger partial charge in [0.2, 0.25) is 0 Å². The number of methoxy groups -OCH3 is 1. The van der Waals surface area contributed by atoms with Crippen molar-refractivity contribution < 1.29 is 9.53 Å². The Kier molecular flexibility index (Phi) is 2.49. The van der Waals surface area contributed by atoms with E-state index < -0.39 is 6.09 Å². The van der Waals surface area contributed by atoms with E-state index in [-0.39, 0.29) is 0 Å². The van der Waals surface area contributed by atoms with Crippen LogP contribution in [0.1, 0.15) is 0 Å². The molecule has 57 valence electrons. The molecule has 0 aromatic heterocycles. The van der Waals surface area contributed by atoms with Gasteiger partial charge in [0.1, 0.15) is 0 Å². The lowest BCUT2D eigenvalue weighted by atomic mass is 10.3. The van der Waals surface area contributed by atoms with E-state index in [4.69, 9.17) is 0 Å². The van der Waals surface area contributed by atoms with Crippen LogP contribution in [0.5, 0.6) is 0 Å². The molecule has 0 saturated carbocycles. The number of ether oxygens (including phenoxy) is 1. The summed E-state index contributed by atoms with van der Waals surface area (Å²) in [6, 6.07) is 9.73. The molecule has 0 spiro atoms. The van der Waals surface area contributed by atoms with E-state index in [0.717, 1.165) is 0 Å². The number of nitrogens with one attached hydrogen (secondary N) is 1. The molecule has 0 bridgehead atoms. The highest BCUT2D eigenvalue weighted by atomic mass is 16.5. The van der Waals surface area contributed by atoms with Gasteiger partial charge in [-0.2, -0.15) is 0 Å². The Labute approximate surface area is 65.0 Å². The first-order valence-electron chi connectivity index (χ1n) is 3.14. The highest BCUT2D eigenvalue weighted by Gasteiger charge is 1.96. The highest BCUT2D eigenvalue weighted by molar-refractivity contribution is 5.84. The van der Waals surface area contributed by atoms with Gasteiger partial charge in [0, 0.05) is 5.69 Å². The Hall–Kier alpha value is -1.51. The normalized spacial score (nSPS) is 8.82. The first-order valence-corrected chi connectivity index (χ1v) is 3.14. The van der Waals surface area contributed by atoms with Crippen LogP contribution in [-0.2, 0) is 4.74 Å². The predicted molar refractivity (Wildman–Crippen MR) is 41.3 cm³/mol. The molecule has 3 heteroatoms. The minimum atomic E-state index is -0.462. The Morgan fingerprint density at radius 1 is 1.55 bits per heavy atom. The summed E-state index contributed by atoms with van der Waals surface area (Å²) in [5.41, 5.74) is 0.704. The van der Waals surface area contributed by atoms with Gasteiger partial charge in [0.15, 0.2) is 0 Å². The maximum absolute atomic E-state index is 10.6. The molecule has 1 N–H and O–H groups in total. The average molecular weight is 150 g/mol. The first-order chi connectivity index (χ1) is 5.33. The Morgan fingerprint density at radius 2 is 2.18 bits per heavy atom. The lowest BCUT2D eigenvalue weighted by Gasteiger charge is -2.00. The van der Waals surface area contributed by atoms with Crippen LogP contribution in [0.4, 0.5) is 10.5 Å². The van der Waals surface area contributed by atoms with Crippen LogP contribution in [-0.4, -0.2) is 13.2 Å². The van der Waals surface area contributed by atoms with E-state index in [9.17, 15) is 4.79 Å². The van der Waals surface area contributed by atoms with Crippen molar-refractivity contribution >= 4 is 11.8 Å². The van der Waals surface area contributed by atoms with Gasteiger partial charge in [-0.25, -0.2) is 4.79 Å². The van der Waals surface area contributed by atoms with E-state index in [0.29, 0.717) is 5.69 Å². The van der Waals surface area contributed by atoms with Crippen molar-refractivity contribution in [2.45, 2.75) is 0 Å². The predicted octanol–water partition coefficient (Wildman–Crippen LogP) is 1.67. The molecule has 0 heterocycles. The van der Waals surface area contributed by atoms with Crippen molar-refractivity contribution in [1.29, 1.82) is 0 Å². The van der Waals surface area contributed by atoms with Gasteiger partial charge >= 0.3 is 6.09 Å². The van der Waals surface area contributed by atoms with E-state index in [1.54, 1.807) is 24.3 Å². The van der Waals surface area contributed by atoms with Crippen LogP contribution in [0, 0.1) is 6.07 Å². The van der Waals surface area contributed by atoms with Crippen molar-refractivity contribution in [1.82, 2.24) is 0 Å². The smallest absolute Gasteiger partial charge is 0.411 e. The molecule has 11 heavy (non-hydrogen) atoms. The maximum Gasteiger partial charge on any atom is 0.411 e. The number of carbonyl (C=O) groups is 1. The van der Waals surface area contributed by atoms with Crippen molar-refractivity contribution in [3.05, 3.63) is 30.3 Å². The van der Waals surface area contributed by atoms with Crippen molar-refractivity contribution in [2.75, 3.05) is 12.4 Å². The molecule has 3 nitrogen and oxygen atoms in total. The molecule has 0 fully saturated rings. The lowest BCUT2D eigenvalue weighted by molar-refractivity contribution is 0.187. The summed E-state index contributed by atoms with van der Waals surface area (Å²) in [7, 11) is 1.32. The quantitative estimate of drug-likeness (QED) is 0.661. The van der Waals surface area contributed by atoms with Gasteiger partial charge in [-0.1, -0.05) is 12.1 Å². The molecule has 1 radical (unpaired) electrons. The summed E-state index contributed by atoms with van der Waals surface area (Å²) in [4.78, 5) is 10.6. The average Bonchev–Trinajstić information content (AvgIpc) is 2.06. The Balaban J connectivity index is 2.58. The minimum absolute atomic E-state index is 0.462. The summed E-state index contributed by atoms with van der Waals surface area (Å²) >= 11 is 0. The topological polar surface area (TPSA) is 38.3 Å². The van der Waals surface area contributed by atoms with Gasteiger partial charge in [-0.3, -0.25) is 5.32 Å². The van der Waals surface area contributed by atoms with Crippen molar-refractivity contribution in [3.63, 3.8) is 0 Å². The molecule has 0 unspecified atom stereocenters. The van der Waals surface area contributed by atoms with Crippen LogP contribution in [0.3, 0.4) is 0 Å². The van der Waals surface area contributed by atoms with Gasteiger partial charge in [-0.05, 0) is 18.2 Å². The van der Waals surface area contributed by atoms with Gasteiger partial charge in [-0.15, -0.1) is 0 Å². The lowest BCUT2D eigenvalue weighted by Crippen LogP contribution is -2.10. The molecule has 0 atom stereocenters. The zero-order valence-corrected chi connectivity index (χ0v) is 6.13. The summed E-state index contributed by atoms with van der Waals surface area (Å²) in [6.45, 7) is 0. The molecule has 0 aliphatic rings. The third-order valence-electron chi connectivity index (χ3n) is 1.15. The standard InChI is InChI=1S/C8H8NO2/c1-11-8(10)9-7-5-3-2-4-6-7/h3-6H,1H3,(H,9,10). The molecule has 0 saturated heterocycles. The number of carbonyl (C=O) groups excluding carboxylic acids is 1. The van der Waals surface area contributed by atoms with Crippen LogP contribution < -0.4 is 5.32 Å². The van der Waals surface area contributed by atoms with Gasteiger partial charge < -0.3 is 4.74 Å². The summed E-state index contributed by atoms with van der Waals surface area (Å²) in [5.74, 6) is 0. The molecule has 1 rings (SSSR count). The minimum Gasteiger partial charge on any atom is -0.453 e. The number of amides is 1. The Morgan fingerprint density at radius 3 is 2.73 bits per heavy atom. The molecule has 1 aromatic rings. The van der Waals surface area contributed by atoms with E-state index in [2.05, 4.69) is 16.1 Å². The second kappa shape index (κ2) is 3.61.